The summed E-state index contributed by atoms with van der Waals surface area (Å²) in [7, 11) is 0. The van der Waals surface area contributed by atoms with Crippen molar-refractivity contribution in [1.82, 2.24) is 15.5 Å². The third-order valence-electron chi connectivity index (χ3n) is 4.61. The van der Waals surface area contributed by atoms with Gasteiger partial charge in [-0.2, -0.15) is 5.10 Å². The van der Waals surface area contributed by atoms with Gasteiger partial charge in [-0.25, -0.2) is 0 Å². The molecule has 1 aliphatic carbocycles. The van der Waals surface area contributed by atoms with Gasteiger partial charge in [0.1, 0.15) is 0 Å². The van der Waals surface area contributed by atoms with Gasteiger partial charge in [-0.1, -0.05) is 20.8 Å². The average Bonchev–Trinajstić information content (AvgIpc) is 2.82. The summed E-state index contributed by atoms with van der Waals surface area (Å²) in [6.07, 6.45) is 3.78. The Bertz CT molecular complexity index is 437. The second-order valence-corrected chi connectivity index (χ2v) is 6.99. The van der Waals surface area contributed by atoms with Crippen molar-refractivity contribution in [1.29, 1.82) is 0 Å². The van der Waals surface area contributed by atoms with Gasteiger partial charge in [-0.05, 0) is 24.7 Å². The lowest BCUT2D eigenvalue weighted by Gasteiger charge is -2.34. The van der Waals surface area contributed by atoms with E-state index < -0.39 is 0 Å². The smallest absolute Gasteiger partial charge is 0.153 e. The van der Waals surface area contributed by atoms with Crippen molar-refractivity contribution in [2.75, 3.05) is 31.1 Å². The van der Waals surface area contributed by atoms with E-state index in [1.807, 2.05) is 0 Å². The lowest BCUT2D eigenvalue weighted by atomic mass is 9.72. The standard InChI is InChI=1S/C15H26N4/c1-15(2,3)12-6-4-5-11-13(12)17-18-14(11)19-9-7-16-8-10-19/h12,16H,4-10H2,1-3H3,(H,17,18). The number of nitrogens with one attached hydrogen (secondary N) is 2. The van der Waals surface area contributed by atoms with E-state index in [2.05, 4.69) is 41.2 Å². The molecule has 0 radical (unpaired) electrons. The van der Waals surface area contributed by atoms with Gasteiger partial charge in [0.05, 0.1) is 0 Å². The second kappa shape index (κ2) is 4.82. The topological polar surface area (TPSA) is 44.0 Å². The van der Waals surface area contributed by atoms with Crippen LogP contribution in [0.5, 0.6) is 0 Å². The number of hydrogen-bond donors (Lipinski definition) is 2. The highest BCUT2D eigenvalue weighted by Gasteiger charge is 2.34. The van der Waals surface area contributed by atoms with Gasteiger partial charge in [0, 0.05) is 43.4 Å². The molecule has 106 valence electrons. The molecule has 2 aliphatic rings. The Morgan fingerprint density at radius 2 is 1.95 bits per heavy atom. The van der Waals surface area contributed by atoms with Crippen LogP contribution in [0.25, 0.3) is 0 Å². The number of aromatic nitrogens is 2. The van der Waals surface area contributed by atoms with Crippen molar-refractivity contribution in [2.45, 2.75) is 46.0 Å². The first-order valence-electron chi connectivity index (χ1n) is 7.60. The van der Waals surface area contributed by atoms with Gasteiger partial charge in [-0.3, -0.25) is 5.10 Å². The molecule has 0 spiro atoms. The van der Waals surface area contributed by atoms with Gasteiger partial charge in [0.2, 0.25) is 0 Å². The Balaban J connectivity index is 1.91. The summed E-state index contributed by atoms with van der Waals surface area (Å²) >= 11 is 0. The zero-order chi connectivity index (χ0) is 13.5. The van der Waals surface area contributed by atoms with Crippen molar-refractivity contribution in [3.8, 4) is 0 Å². The van der Waals surface area contributed by atoms with Crippen LogP contribution in [0.3, 0.4) is 0 Å². The lowest BCUT2D eigenvalue weighted by Crippen LogP contribution is -2.44. The Morgan fingerprint density at radius 1 is 1.21 bits per heavy atom. The summed E-state index contributed by atoms with van der Waals surface area (Å²) < 4.78 is 0. The number of anilines is 1. The number of hydrogen-bond acceptors (Lipinski definition) is 3. The fourth-order valence-corrected chi connectivity index (χ4v) is 3.53. The molecular weight excluding hydrogens is 236 g/mol. The van der Waals surface area contributed by atoms with Gasteiger partial charge >= 0.3 is 0 Å². The van der Waals surface area contributed by atoms with Crippen molar-refractivity contribution in [3.05, 3.63) is 11.3 Å². The molecule has 0 aromatic carbocycles. The zero-order valence-corrected chi connectivity index (χ0v) is 12.4. The Labute approximate surface area is 116 Å². The van der Waals surface area contributed by atoms with Crippen molar-refractivity contribution in [2.24, 2.45) is 5.41 Å². The van der Waals surface area contributed by atoms with Crippen LogP contribution < -0.4 is 10.2 Å². The molecule has 1 aliphatic heterocycles. The molecule has 0 amide bonds. The number of fused-ring (bicyclic) bond motifs is 1. The highest BCUT2D eigenvalue weighted by molar-refractivity contribution is 5.51. The first-order chi connectivity index (χ1) is 9.07. The number of aromatic amines is 1. The minimum Gasteiger partial charge on any atom is -0.352 e. The number of rotatable bonds is 1. The molecule has 1 aromatic heterocycles. The van der Waals surface area contributed by atoms with Crippen LogP contribution in [-0.2, 0) is 6.42 Å². The molecule has 19 heavy (non-hydrogen) atoms. The van der Waals surface area contributed by atoms with E-state index in [-0.39, 0.29) is 0 Å². The normalized spacial score (nSPS) is 24.4. The third kappa shape index (κ3) is 2.38. The molecule has 0 bridgehead atoms. The van der Waals surface area contributed by atoms with Crippen LogP contribution in [0.15, 0.2) is 0 Å². The molecule has 1 fully saturated rings. The van der Waals surface area contributed by atoms with Crippen LogP contribution in [0, 0.1) is 5.41 Å². The highest BCUT2D eigenvalue weighted by Crippen LogP contribution is 2.44. The molecule has 1 aromatic rings. The lowest BCUT2D eigenvalue weighted by molar-refractivity contribution is 0.284. The number of piperazine rings is 1. The molecule has 3 rings (SSSR count). The molecule has 4 nitrogen and oxygen atoms in total. The van der Waals surface area contributed by atoms with E-state index in [1.54, 1.807) is 0 Å². The molecule has 1 unspecified atom stereocenters. The average molecular weight is 262 g/mol. The largest absolute Gasteiger partial charge is 0.352 e. The van der Waals surface area contributed by atoms with E-state index in [9.17, 15) is 0 Å². The van der Waals surface area contributed by atoms with E-state index in [4.69, 9.17) is 0 Å². The van der Waals surface area contributed by atoms with E-state index >= 15 is 0 Å². The predicted molar refractivity (Wildman–Crippen MR) is 78.8 cm³/mol. The van der Waals surface area contributed by atoms with Gasteiger partial charge in [0.15, 0.2) is 5.82 Å². The summed E-state index contributed by atoms with van der Waals surface area (Å²) in [5, 5.41) is 11.4. The minimum absolute atomic E-state index is 0.322. The molecule has 4 heteroatoms. The minimum atomic E-state index is 0.322. The summed E-state index contributed by atoms with van der Waals surface area (Å²) in [5.41, 5.74) is 3.22. The molecule has 0 saturated carbocycles. The molecule has 1 saturated heterocycles. The molecule has 2 heterocycles. The maximum Gasteiger partial charge on any atom is 0.153 e. The monoisotopic (exact) mass is 262 g/mol. The SMILES string of the molecule is CC(C)(C)C1CCCc2c(N3CCNCC3)n[nH]c21. The summed E-state index contributed by atoms with van der Waals surface area (Å²) in [5.74, 6) is 1.85. The third-order valence-corrected chi connectivity index (χ3v) is 4.61. The zero-order valence-electron chi connectivity index (χ0n) is 12.4. The summed E-state index contributed by atoms with van der Waals surface area (Å²) in [6.45, 7) is 11.3. The Morgan fingerprint density at radius 3 is 2.63 bits per heavy atom. The second-order valence-electron chi connectivity index (χ2n) is 6.99. The van der Waals surface area contributed by atoms with Gasteiger partial charge in [-0.15, -0.1) is 0 Å². The first-order valence-corrected chi connectivity index (χ1v) is 7.60. The fraction of sp³-hybridized carbons (Fsp3) is 0.800. The van der Waals surface area contributed by atoms with E-state index in [0.29, 0.717) is 11.3 Å². The van der Waals surface area contributed by atoms with Crippen LogP contribution in [0.4, 0.5) is 5.82 Å². The quantitative estimate of drug-likeness (QED) is 0.816. The maximum absolute atomic E-state index is 4.66. The van der Waals surface area contributed by atoms with E-state index in [1.165, 1.54) is 36.3 Å². The van der Waals surface area contributed by atoms with Crippen molar-refractivity contribution in [3.63, 3.8) is 0 Å². The molecular formula is C15H26N4. The summed E-state index contributed by atoms with van der Waals surface area (Å²) in [4.78, 5) is 2.44. The Kier molecular flexibility index (Phi) is 3.29. The van der Waals surface area contributed by atoms with Gasteiger partial charge in [0.25, 0.3) is 0 Å². The van der Waals surface area contributed by atoms with Crippen molar-refractivity contribution >= 4 is 5.82 Å². The van der Waals surface area contributed by atoms with Crippen LogP contribution in [-0.4, -0.2) is 36.4 Å². The predicted octanol–water partition coefficient (Wildman–Crippen LogP) is 2.29. The molecule has 1 atom stereocenters. The Hall–Kier alpha value is -1.03. The maximum atomic E-state index is 4.66. The van der Waals surface area contributed by atoms with Crippen molar-refractivity contribution < 1.29 is 0 Å². The van der Waals surface area contributed by atoms with Gasteiger partial charge < -0.3 is 10.2 Å². The highest BCUT2D eigenvalue weighted by atomic mass is 15.3. The number of nitrogens with zero attached hydrogens (tertiary/aromatic N) is 2. The van der Waals surface area contributed by atoms with Crippen LogP contribution in [0.2, 0.25) is 0 Å². The fourth-order valence-electron chi connectivity index (χ4n) is 3.53. The van der Waals surface area contributed by atoms with Crippen LogP contribution >= 0.6 is 0 Å². The molecule has 2 N–H and O–H groups in total. The first kappa shape index (κ1) is 13.0. The van der Waals surface area contributed by atoms with E-state index in [0.717, 1.165) is 26.2 Å². The number of H-pyrrole nitrogens is 1. The summed E-state index contributed by atoms with van der Waals surface area (Å²) in [6, 6.07) is 0. The van der Waals surface area contributed by atoms with Crippen LogP contribution in [0.1, 0.15) is 50.8 Å².